The summed E-state index contributed by atoms with van der Waals surface area (Å²) in [5, 5.41) is 24.3. The summed E-state index contributed by atoms with van der Waals surface area (Å²) in [6.07, 6.45) is 10.1. The number of nitrogens with one attached hydrogen (secondary N) is 1. The summed E-state index contributed by atoms with van der Waals surface area (Å²) in [7, 11) is 1.73. The zero-order valence-electron chi connectivity index (χ0n) is 19.0. The molecular weight excluding hydrogens is 362 g/mol. The second kappa shape index (κ2) is 7.82. The SMILES string of the molecule is CNC(=O)CC[C@@H](C)C1CCC2C3C(CC[C@@]21C)[C@@]1(C)CC[C@@H](O)CC1C[C@H]3O. The Morgan fingerprint density at radius 1 is 1.03 bits per heavy atom. The molecule has 0 aromatic rings. The lowest BCUT2D eigenvalue weighted by atomic mass is 9.43. The highest BCUT2D eigenvalue weighted by molar-refractivity contribution is 5.75. The van der Waals surface area contributed by atoms with E-state index in [2.05, 4.69) is 26.1 Å². The Kier molecular flexibility index (Phi) is 5.83. The average molecular weight is 406 g/mol. The lowest BCUT2D eigenvalue weighted by molar-refractivity contribution is -0.174. The normalized spacial score (nSPS) is 50.2. The number of hydrogen-bond donors (Lipinski definition) is 3. The van der Waals surface area contributed by atoms with Crippen LogP contribution in [0.3, 0.4) is 0 Å². The van der Waals surface area contributed by atoms with E-state index in [-0.39, 0.29) is 18.1 Å². The number of hydrogen-bond acceptors (Lipinski definition) is 3. The third-order valence-corrected chi connectivity index (χ3v) is 10.5. The summed E-state index contributed by atoms with van der Waals surface area (Å²) in [4.78, 5) is 11.8. The van der Waals surface area contributed by atoms with Crippen molar-refractivity contribution in [3.63, 3.8) is 0 Å². The molecule has 0 heterocycles. The minimum Gasteiger partial charge on any atom is -0.393 e. The Bertz CT molecular complexity index is 623. The van der Waals surface area contributed by atoms with Gasteiger partial charge in [0.25, 0.3) is 0 Å². The maximum Gasteiger partial charge on any atom is 0.219 e. The van der Waals surface area contributed by atoms with E-state index in [0.717, 1.165) is 32.1 Å². The number of fused-ring (bicyclic) bond motifs is 5. The number of rotatable bonds is 4. The Morgan fingerprint density at radius 3 is 2.45 bits per heavy atom. The first-order chi connectivity index (χ1) is 13.7. The fourth-order valence-corrected chi connectivity index (χ4v) is 8.86. The lowest BCUT2D eigenvalue weighted by Crippen LogP contribution is -2.58. The maximum atomic E-state index is 11.8. The van der Waals surface area contributed by atoms with Crippen LogP contribution in [0.4, 0.5) is 0 Å². The van der Waals surface area contributed by atoms with Crippen molar-refractivity contribution in [1.29, 1.82) is 0 Å². The van der Waals surface area contributed by atoms with Crippen LogP contribution >= 0.6 is 0 Å². The van der Waals surface area contributed by atoms with Crippen LogP contribution in [0.25, 0.3) is 0 Å². The van der Waals surface area contributed by atoms with Crippen molar-refractivity contribution >= 4 is 5.91 Å². The van der Waals surface area contributed by atoms with Gasteiger partial charge in [0, 0.05) is 13.5 Å². The smallest absolute Gasteiger partial charge is 0.219 e. The molecule has 4 nitrogen and oxygen atoms in total. The van der Waals surface area contributed by atoms with Crippen LogP contribution in [0.15, 0.2) is 0 Å². The van der Waals surface area contributed by atoms with Crippen molar-refractivity contribution in [1.82, 2.24) is 5.32 Å². The van der Waals surface area contributed by atoms with Gasteiger partial charge in [0.2, 0.25) is 5.91 Å². The van der Waals surface area contributed by atoms with Gasteiger partial charge in [0.1, 0.15) is 0 Å². The lowest BCUT2D eigenvalue weighted by Gasteiger charge is -2.62. The third kappa shape index (κ3) is 3.46. The molecule has 4 heteroatoms. The molecule has 1 amide bonds. The Labute approximate surface area is 177 Å². The highest BCUT2D eigenvalue weighted by atomic mass is 16.3. The van der Waals surface area contributed by atoms with E-state index in [9.17, 15) is 15.0 Å². The van der Waals surface area contributed by atoms with Gasteiger partial charge in [-0.3, -0.25) is 4.79 Å². The van der Waals surface area contributed by atoms with Gasteiger partial charge >= 0.3 is 0 Å². The molecule has 0 spiro atoms. The second-order valence-corrected chi connectivity index (χ2v) is 11.6. The third-order valence-electron chi connectivity index (χ3n) is 10.5. The zero-order chi connectivity index (χ0) is 21.0. The van der Waals surface area contributed by atoms with E-state index in [1.807, 2.05) is 0 Å². The highest BCUT2D eigenvalue weighted by Crippen LogP contribution is 2.68. The van der Waals surface area contributed by atoms with Gasteiger partial charge in [-0.25, -0.2) is 0 Å². The first-order valence-corrected chi connectivity index (χ1v) is 12.3. The molecule has 4 aliphatic carbocycles. The van der Waals surface area contributed by atoms with Crippen LogP contribution in [0.1, 0.15) is 85.0 Å². The molecule has 0 aliphatic heterocycles. The van der Waals surface area contributed by atoms with E-state index < -0.39 is 0 Å². The molecule has 0 bridgehead atoms. The fraction of sp³-hybridized carbons (Fsp3) is 0.960. The topological polar surface area (TPSA) is 69.6 Å². The molecule has 4 fully saturated rings. The highest BCUT2D eigenvalue weighted by Gasteiger charge is 2.62. The minimum absolute atomic E-state index is 0.154. The summed E-state index contributed by atoms with van der Waals surface area (Å²) >= 11 is 0. The second-order valence-electron chi connectivity index (χ2n) is 11.6. The molecule has 0 radical (unpaired) electrons. The molecule has 10 atom stereocenters. The molecule has 4 aliphatic rings. The van der Waals surface area contributed by atoms with Gasteiger partial charge in [0.05, 0.1) is 12.2 Å². The standard InChI is InChI=1S/C25H43NO3/c1-15(5-8-22(29)26-4)18-6-7-19-23-20(10-12-25(18,19)3)24(2)11-9-17(27)13-16(24)14-21(23)28/h15-21,23,27-28H,5-14H2,1-4H3,(H,26,29)/t15-,16?,17-,18?,19?,20?,21-,23?,24+,25-/m1/s1. The predicted molar refractivity (Wildman–Crippen MR) is 115 cm³/mol. The van der Waals surface area contributed by atoms with Crippen molar-refractivity contribution in [3.8, 4) is 0 Å². The van der Waals surface area contributed by atoms with Crippen molar-refractivity contribution in [2.24, 2.45) is 46.3 Å². The number of aliphatic hydroxyl groups is 2. The van der Waals surface area contributed by atoms with Crippen LogP contribution in [0, 0.1) is 46.3 Å². The van der Waals surface area contributed by atoms with Crippen molar-refractivity contribution in [2.75, 3.05) is 7.05 Å². The molecular formula is C25H43NO3. The van der Waals surface area contributed by atoms with Gasteiger partial charge in [-0.05, 0) is 104 Å². The van der Waals surface area contributed by atoms with E-state index in [4.69, 9.17) is 0 Å². The number of amides is 1. The summed E-state index contributed by atoms with van der Waals surface area (Å²) in [5.74, 6) is 3.53. The van der Waals surface area contributed by atoms with Crippen LogP contribution < -0.4 is 5.32 Å². The quantitative estimate of drug-likeness (QED) is 0.658. The van der Waals surface area contributed by atoms with Crippen LogP contribution in [-0.4, -0.2) is 35.4 Å². The maximum absolute atomic E-state index is 11.8. The molecule has 29 heavy (non-hydrogen) atoms. The molecule has 166 valence electrons. The summed E-state index contributed by atoms with van der Waals surface area (Å²) in [5.41, 5.74) is 0.606. The van der Waals surface area contributed by atoms with Gasteiger partial charge in [0.15, 0.2) is 0 Å². The van der Waals surface area contributed by atoms with E-state index in [1.54, 1.807) is 7.05 Å². The Morgan fingerprint density at radius 2 is 1.72 bits per heavy atom. The van der Waals surface area contributed by atoms with E-state index in [0.29, 0.717) is 52.8 Å². The van der Waals surface area contributed by atoms with Crippen molar-refractivity contribution in [3.05, 3.63) is 0 Å². The number of aliphatic hydroxyl groups excluding tert-OH is 2. The molecule has 5 unspecified atom stereocenters. The fourth-order valence-electron chi connectivity index (χ4n) is 8.86. The zero-order valence-corrected chi connectivity index (χ0v) is 19.0. The molecule has 0 saturated heterocycles. The van der Waals surface area contributed by atoms with Crippen LogP contribution in [0.5, 0.6) is 0 Å². The van der Waals surface area contributed by atoms with Gasteiger partial charge in [-0.2, -0.15) is 0 Å². The minimum atomic E-state index is -0.201. The summed E-state index contributed by atoms with van der Waals surface area (Å²) in [6, 6.07) is 0. The Balaban J connectivity index is 1.53. The predicted octanol–water partition coefficient (Wildman–Crippen LogP) is 4.14. The molecule has 4 saturated carbocycles. The van der Waals surface area contributed by atoms with Crippen LogP contribution in [0.2, 0.25) is 0 Å². The van der Waals surface area contributed by atoms with Gasteiger partial charge in [-0.1, -0.05) is 20.8 Å². The monoisotopic (exact) mass is 405 g/mol. The van der Waals surface area contributed by atoms with E-state index in [1.165, 1.54) is 25.7 Å². The first-order valence-electron chi connectivity index (χ1n) is 12.3. The number of carbonyl (C=O) groups excluding carboxylic acids is 1. The summed E-state index contributed by atoms with van der Waals surface area (Å²) in [6.45, 7) is 7.34. The van der Waals surface area contributed by atoms with Gasteiger partial charge < -0.3 is 15.5 Å². The number of carbonyl (C=O) groups is 1. The molecule has 3 N–H and O–H groups in total. The molecule has 0 aromatic carbocycles. The van der Waals surface area contributed by atoms with Crippen molar-refractivity contribution < 1.29 is 15.0 Å². The largest absolute Gasteiger partial charge is 0.393 e. The average Bonchev–Trinajstić information content (AvgIpc) is 3.04. The van der Waals surface area contributed by atoms with Gasteiger partial charge in [-0.15, -0.1) is 0 Å². The van der Waals surface area contributed by atoms with Crippen LogP contribution in [-0.2, 0) is 4.79 Å². The summed E-state index contributed by atoms with van der Waals surface area (Å²) < 4.78 is 0. The first kappa shape index (κ1) is 21.6. The van der Waals surface area contributed by atoms with E-state index >= 15 is 0 Å². The van der Waals surface area contributed by atoms with Crippen molar-refractivity contribution in [2.45, 2.75) is 97.2 Å². The molecule has 4 rings (SSSR count). The molecule has 0 aromatic heterocycles. The Hall–Kier alpha value is -0.610.